The van der Waals surface area contributed by atoms with Crippen molar-refractivity contribution >= 4 is 15.7 Å². The number of piperazine rings is 1. The zero-order valence-corrected chi connectivity index (χ0v) is 11.2. The van der Waals surface area contributed by atoms with Crippen molar-refractivity contribution in [3.63, 3.8) is 0 Å². The van der Waals surface area contributed by atoms with Crippen molar-refractivity contribution in [2.24, 2.45) is 5.14 Å². The standard InChI is InChI=1S/C11H18N4O2S/c1-14-4-6-15(7-5-14)11-2-3-13-8-10(11)9-18(12,16)17/h2-3,8H,4-7,9H2,1H3,(H2,12,16,17). The molecule has 1 saturated heterocycles. The lowest BCUT2D eigenvalue weighted by molar-refractivity contribution is 0.312. The van der Waals surface area contributed by atoms with Gasteiger partial charge in [-0.1, -0.05) is 0 Å². The molecule has 1 aromatic heterocycles. The highest BCUT2D eigenvalue weighted by molar-refractivity contribution is 7.88. The van der Waals surface area contributed by atoms with Crippen LogP contribution in [0.3, 0.4) is 0 Å². The molecule has 0 spiro atoms. The van der Waals surface area contributed by atoms with Gasteiger partial charge >= 0.3 is 0 Å². The topological polar surface area (TPSA) is 79.5 Å². The van der Waals surface area contributed by atoms with Crippen molar-refractivity contribution in [1.82, 2.24) is 9.88 Å². The number of pyridine rings is 1. The lowest BCUT2D eigenvalue weighted by Gasteiger charge is -2.35. The number of hydrogen-bond acceptors (Lipinski definition) is 5. The van der Waals surface area contributed by atoms with E-state index in [4.69, 9.17) is 5.14 Å². The maximum absolute atomic E-state index is 11.2. The van der Waals surface area contributed by atoms with Crippen LogP contribution < -0.4 is 10.0 Å². The highest BCUT2D eigenvalue weighted by Gasteiger charge is 2.18. The van der Waals surface area contributed by atoms with Crippen molar-refractivity contribution in [1.29, 1.82) is 0 Å². The molecule has 6 nitrogen and oxygen atoms in total. The Balaban J connectivity index is 2.22. The van der Waals surface area contributed by atoms with Gasteiger partial charge in [-0.2, -0.15) is 0 Å². The number of nitrogens with two attached hydrogens (primary N) is 1. The predicted molar refractivity (Wildman–Crippen MR) is 70.8 cm³/mol. The summed E-state index contributed by atoms with van der Waals surface area (Å²) in [7, 11) is -1.45. The van der Waals surface area contributed by atoms with Gasteiger partial charge in [0.25, 0.3) is 0 Å². The molecule has 100 valence electrons. The summed E-state index contributed by atoms with van der Waals surface area (Å²) < 4.78 is 22.4. The summed E-state index contributed by atoms with van der Waals surface area (Å²) in [6.45, 7) is 3.71. The van der Waals surface area contributed by atoms with Gasteiger partial charge in [0.15, 0.2) is 0 Å². The zero-order chi connectivity index (χ0) is 13.2. The molecule has 0 bridgehead atoms. The second-order valence-electron chi connectivity index (χ2n) is 4.60. The smallest absolute Gasteiger partial charge is 0.213 e. The average molecular weight is 270 g/mol. The van der Waals surface area contributed by atoms with Gasteiger partial charge in [-0.3, -0.25) is 4.98 Å². The summed E-state index contributed by atoms with van der Waals surface area (Å²) in [5.41, 5.74) is 1.59. The lowest BCUT2D eigenvalue weighted by Crippen LogP contribution is -2.44. The summed E-state index contributed by atoms with van der Waals surface area (Å²) >= 11 is 0. The molecule has 7 heteroatoms. The number of hydrogen-bond donors (Lipinski definition) is 1. The number of nitrogens with zero attached hydrogens (tertiary/aromatic N) is 3. The van der Waals surface area contributed by atoms with Crippen LogP contribution in [0.1, 0.15) is 5.56 Å². The first-order chi connectivity index (χ1) is 8.46. The van der Waals surface area contributed by atoms with Gasteiger partial charge in [0.1, 0.15) is 0 Å². The van der Waals surface area contributed by atoms with E-state index in [2.05, 4.69) is 21.8 Å². The minimum absolute atomic E-state index is 0.164. The fraction of sp³-hybridized carbons (Fsp3) is 0.545. The lowest BCUT2D eigenvalue weighted by atomic mass is 10.2. The zero-order valence-electron chi connectivity index (χ0n) is 10.4. The Morgan fingerprint density at radius 2 is 2.00 bits per heavy atom. The Morgan fingerprint density at radius 3 is 2.61 bits per heavy atom. The minimum atomic E-state index is -3.53. The largest absolute Gasteiger partial charge is 0.369 e. The molecule has 0 amide bonds. The third kappa shape index (κ3) is 3.41. The molecule has 2 heterocycles. The van der Waals surface area contributed by atoms with Crippen molar-refractivity contribution in [3.8, 4) is 0 Å². The molecule has 0 unspecified atom stereocenters. The summed E-state index contributed by atoms with van der Waals surface area (Å²) in [5.74, 6) is -0.164. The van der Waals surface area contributed by atoms with Crippen LogP contribution in [-0.2, 0) is 15.8 Å². The fourth-order valence-electron chi connectivity index (χ4n) is 2.10. The minimum Gasteiger partial charge on any atom is -0.369 e. The van der Waals surface area contributed by atoms with E-state index < -0.39 is 10.0 Å². The number of rotatable bonds is 3. The summed E-state index contributed by atoms with van der Waals surface area (Å²) in [5, 5.41) is 5.11. The molecule has 0 aromatic carbocycles. The Labute approximate surface area is 107 Å². The van der Waals surface area contributed by atoms with Gasteiger partial charge in [0, 0.05) is 49.8 Å². The Hall–Kier alpha value is -1.18. The maximum Gasteiger partial charge on any atom is 0.213 e. The van der Waals surface area contributed by atoms with Gasteiger partial charge in [-0.15, -0.1) is 0 Å². The third-order valence-electron chi connectivity index (χ3n) is 3.08. The van der Waals surface area contributed by atoms with Crippen molar-refractivity contribution in [2.75, 3.05) is 38.1 Å². The highest BCUT2D eigenvalue weighted by atomic mass is 32.2. The quantitative estimate of drug-likeness (QED) is 0.810. The highest BCUT2D eigenvalue weighted by Crippen LogP contribution is 2.22. The van der Waals surface area contributed by atoms with E-state index in [0.29, 0.717) is 5.56 Å². The number of aromatic nitrogens is 1. The van der Waals surface area contributed by atoms with E-state index >= 15 is 0 Å². The molecule has 2 N–H and O–H groups in total. The maximum atomic E-state index is 11.2. The molecule has 0 atom stereocenters. The predicted octanol–water partition coefficient (Wildman–Crippen LogP) is -0.378. The first kappa shape index (κ1) is 13.3. The molecule has 0 radical (unpaired) electrons. The Kier molecular flexibility index (Phi) is 3.84. The summed E-state index contributed by atoms with van der Waals surface area (Å²) in [6.07, 6.45) is 3.26. The Bertz CT molecular complexity index is 510. The van der Waals surface area contributed by atoms with Gasteiger partial charge < -0.3 is 9.80 Å². The second kappa shape index (κ2) is 5.21. The SMILES string of the molecule is CN1CCN(c2ccncc2CS(N)(=O)=O)CC1. The molecule has 1 fully saturated rings. The van der Waals surface area contributed by atoms with Gasteiger partial charge in [-0.25, -0.2) is 13.6 Å². The molecule has 1 aromatic rings. The number of likely N-dealkylation sites (N-methyl/N-ethyl adjacent to an activating group) is 1. The second-order valence-corrected chi connectivity index (χ2v) is 6.22. The molecule has 1 aliphatic heterocycles. The first-order valence-corrected chi connectivity index (χ1v) is 7.54. The van der Waals surface area contributed by atoms with Gasteiger partial charge in [0.2, 0.25) is 10.0 Å². The van der Waals surface area contributed by atoms with Crippen LogP contribution in [0.25, 0.3) is 0 Å². The number of primary sulfonamides is 1. The van der Waals surface area contributed by atoms with Crippen LogP contribution in [0.4, 0.5) is 5.69 Å². The van der Waals surface area contributed by atoms with E-state index in [0.717, 1.165) is 31.9 Å². The number of anilines is 1. The monoisotopic (exact) mass is 270 g/mol. The van der Waals surface area contributed by atoms with E-state index in [9.17, 15) is 8.42 Å². The molecule has 2 rings (SSSR count). The number of sulfonamides is 1. The molecular weight excluding hydrogens is 252 g/mol. The molecular formula is C11H18N4O2S. The van der Waals surface area contributed by atoms with Gasteiger partial charge in [-0.05, 0) is 13.1 Å². The van der Waals surface area contributed by atoms with Crippen LogP contribution in [0.15, 0.2) is 18.5 Å². The molecule has 0 saturated carbocycles. The van der Waals surface area contributed by atoms with E-state index in [1.165, 1.54) is 0 Å². The third-order valence-corrected chi connectivity index (χ3v) is 3.79. The fourth-order valence-corrected chi connectivity index (χ4v) is 2.76. The van der Waals surface area contributed by atoms with E-state index in [1.54, 1.807) is 12.4 Å². The van der Waals surface area contributed by atoms with Crippen molar-refractivity contribution in [3.05, 3.63) is 24.0 Å². The van der Waals surface area contributed by atoms with Crippen LogP contribution in [0.2, 0.25) is 0 Å². The van der Waals surface area contributed by atoms with E-state index in [1.807, 2.05) is 6.07 Å². The van der Waals surface area contributed by atoms with Crippen LogP contribution >= 0.6 is 0 Å². The van der Waals surface area contributed by atoms with E-state index in [-0.39, 0.29) is 5.75 Å². The molecule has 1 aliphatic rings. The molecule has 18 heavy (non-hydrogen) atoms. The van der Waals surface area contributed by atoms with Crippen LogP contribution in [0.5, 0.6) is 0 Å². The van der Waals surface area contributed by atoms with Crippen LogP contribution in [-0.4, -0.2) is 51.5 Å². The van der Waals surface area contributed by atoms with Crippen molar-refractivity contribution < 1.29 is 8.42 Å². The summed E-state index contributed by atoms with van der Waals surface area (Å²) in [6, 6.07) is 1.85. The van der Waals surface area contributed by atoms with Gasteiger partial charge in [0.05, 0.1) is 5.75 Å². The molecule has 0 aliphatic carbocycles. The van der Waals surface area contributed by atoms with Crippen molar-refractivity contribution in [2.45, 2.75) is 5.75 Å². The Morgan fingerprint density at radius 1 is 1.33 bits per heavy atom. The first-order valence-electron chi connectivity index (χ1n) is 5.82. The summed E-state index contributed by atoms with van der Waals surface area (Å²) in [4.78, 5) is 8.41. The van der Waals surface area contributed by atoms with Crippen LogP contribution in [0, 0.1) is 0 Å². The normalized spacial score (nSPS) is 18.0. The average Bonchev–Trinajstić information content (AvgIpc) is 2.29.